The summed E-state index contributed by atoms with van der Waals surface area (Å²) in [6.45, 7) is 7.68. The van der Waals surface area contributed by atoms with Crippen molar-refractivity contribution in [3.63, 3.8) is 0 Å². The van der Waals surface area contributed by atoms with Crippen molar-refractivity contribution in [1.82, 2.24) is 5.32 Å². The van der Waals surface area contributed by atoms with Crippen LogP contribution in [0.1, 0.15) is 57.6 Å². The summed E-state index contributed by atoms with van der Waals surface area (Å²) in [7, 11) is 0. The maximum Gasteiger partial charge on any atom is 0.416 e. The van der Waals surface area contributed by atoms with E-state index < -0.39 is 23.6 Å². The van der Waals surface area contributed by atoms with Gasteiger partial charge in [0.25, 0.3) is 0 Å². The van der Waals surface area contributed by atoms with Crippen molar-refractivity contribution in [2.24, 2.45) is 5.41 Å². The van der Waals surface area contributed by atoms with Crippen LogP contribution >= 0.6 is 11.8 Å². The fraction of sp³-hybridized carbons (Fsp3) is 0.500. The number of halogens is 3. The van der Waals surface area contributed by atoms with Crippen LogP contribution in [0.25, 0.3) is 0 Å². The molecule has 0 spiro atoms. The molecule has 4 nitrogen and oxygen atoms in total. The number of allylic oxidation sites excluding steroid dienone is 3. The maximum atomic E-state index is 13.9. The first-order chi connectivity index (χ1) is 15.0. The number of esters is 1. The van der Waals surface area contributed by atoms with Gasteiger partial charge in [0, 0.05) is 35.1 Å². The first-order valence-corrected chi connectivity index (χ1v) is 11.8. The van der Waals surface area contributed by atoms with Crippen LogP contribution in [0.5, 0.6) is 0 Å². The van der Waals surface area contributed by atoms with Crippen LogP contribution in [0.3, 0.4) is 0 Å². The Bertz CT molecular complexity index is 979. The van der Waals surface area contributed by atoms with Gasteiger partial charge < -0.3 is 10.1 Å². The third-order valence-electron chi connectivity index (χ3n) is 5.70. The summed E-state index contributed by atoms with van der Waals surface area (Å²) in [5.74, 6) is -0.613. The number of ether oxygens (including phenoxy) is 1. The van der Waals surface area contributed by atoms with Crippen molar-refractivity contribution in [3.05, 3.63) is 57.9 Å². The number of nitrogens with one attached hydrogen (secondary N) is 1. The van der Waals surface area contributed by atoms with E-state index in [1.165, 1.54) is 18.2 Å². The van der Waals surface area contributed by atoms with Gasteiger partial charge in [0.05, 0.1) is 11.1 Å². The van der Waals surface area contributed by atoms with E-state index >= 15 is 0 Å². The Morgan fingerprint density at radius 1 is 1.25 bits per heavy atom. The van der Waals surface area contributed by atoms with E-state index in [-0.39, 0.29) is 40.9 Å². The third kappa shape index (κ3) is 5.05. The highest BCUT2D eigenvalue weighted by Crippen LogP contribution is 2.49. The number of dihydropyridines is 1. The van der Waals surface area contributed by atoms with Crippen LogP contribution < -0.4 is 5.32 Å². The first kappa shape index (κ1) is 24.4. The van der Waals surface area contributed by atoms with Crippen molar-refractivity contribution < 1.29 is 27.5 Å². The molecule has 1 heterocycles. The van der Waals surface area contributed by atoms with Crippen molar-refractivity contribution in [2.75, 3.05) is 18.1 Å². The zero-order chi connectivity index (χ0) is 23.7. The number of carbonyl (C=O) groups is 2. The highest BCUT2D eigenvalue weighted by molar-refractivity contribution is 7.99. The predicted molar refractivity (Wildman–Crippen MR) is 119 cm³/mol. The molecule has 1 aromatic rings. The summed E-state index contributed by atoms with van der Waals surface area (Å²) in [5, 5.41) is 3.15. The van der Waals surface area contributed by atoms with Gasteiger partial charge in [0.1, 0.15) is 6.61 Å². The SMILES string of the molecule is CCSCCOC(=O)C1=C(C)NC2=C(C(=O)CC(C)(C)C2)C1c1ccccc1C(F)(F)F. The monoisotopic (exact) mass is 467 g/mol. The molecule has 0 aromatic heterocycles. The van der Waals surface area contributed by atoms with Gasteiger partial charge in [0.2, 0.25) is 0 Å². The number of carbonyl (C=O) groups excluding carboxylic acids is 2. The van der Waals surface area contributed by atoms with Crippen molar-refractivity contribution in [3.8, 4) is 0 Å². The molecule has 2 aliphatic rings. The number of rotatable bonds is 6. The molecule has 1 atom stereocenters. The molecule has 32 heavy (non-hydrogen) atoms. The Balaban J connectivity index is 2.14. The Morgan fingerprint density at radius 3 is 2.59 bits per heavy atom. The van der Waals surface area contributed by atoms with Crippen LogP contribution in [-0.2, 0) is 20.5 Å². The van der Waals surface area contributed by atoms with E-state index in [0.717, 1.165) is 11.8 Å². The molecule has 1 aliphatic carbocycles. The van der Waals surface area contributed by atoms with Crippen LogP contribution in [0.2, 0.25) is 0 Å². The molecular weight excluding hydrogens is 439 g/mol. The molecule has 1 unspecified atom stereocenters. The Morgan fingerprint density at radius 2 is 1.94 bits per heavy atom. The number of alkyl halides is 3. The minimum Gasteiger partial charge on any atom is -0.461 e. The lowest BCUT2D eigenvalue weighted by molar-refractivity contribution is -0.140. The summed E-state index contributed by atoms with van der Waals surface area (Å²) in [6.07, 6.45) is -3.92. The van der Waals surface area contributed by atoms with Gasteiger partial charge in [-0.25, -0.2) is 4.79 Å². The molecule has 0 saturated carbocycles. The van der Waals surface area contributed by atoms with Crippen molar-refractivity contribution in [2.45, 2.75) is 52.6 Å². The molecule has 1 aromatic carbocycles. The number of thioether (sulfide) groups is 1. The minimum absolute atomic E-state index is 0.0648. The maximum absolute atomic E-state index is 13.9. The van der Waals surface area contributed by atoms with Crippen LogP contribution in [0, 0.1) is 5.41 Å². The lowest BCUT2D eigenvalue weighted by Crippen LogP contribution is -2.39. The highest BCUT2D eigenvalue weighted by Gasteiger charge is 2.46. The summed E-state index contributed by atoms with van der Waals surface area (Å²) in [4.78, 5) is 26.3. The molecule has 0 radical (unpaired) electrons. The molecule has 174 valence electrons. The number of Topliss-reactive ketones (excluding diaryl/α,β-unsaturated/α-hetero) is 1. The molecule has 0 fully saturated rings. The lowest BCUT2D eigenvalue weighted by atomic mass is 9.68. The van der Waals surface area contributed by atoms with Gasteiger partial charge in [-0.3, -0.25) is 4.79 Å². The zero-order valence-electron chi connectivity index (χ0n) is 18.7. The van der Waals surface area contributed by atoms with Gasteiger partial charge in [-0.1, -0.05) is 39.0 Å². The van der Waals surface area contributed by atoms with Gasteiger partial charge in [0.15, 0.2) is 5.78 Å². The molecule has 8 heteroatoms. The Labute approximate surface area is 190 Å². The smallest absolute Gasteiger partial charge is 0.416 e. The van der Waals surface area contributed by atoms with E-state index in [4.69, 9.17) is 4.74 Å². The normalized spacial score (nSPS) is 20.7. The zero-order valence-corrected chi connectivity index (χ0v) is 19.5. The quantitative estimate of drug-likeness (QED) is 0.436. The average Bonchev–Trinajstić information content (AvgIpc) is 2.68. The molecule has 0 amide bonds. The second kappa shape index (κ2) is 9.33. The van der Waals surface area contributed by atoms with Gasteiger partial charge in [-0.05, 0) is 36.1 Å². The second-order valence-corrected chi connectivity index (χ2v) is 10.2. The Hall–Kier alpha value is -2.22. The van der Waals surface area contributed by atoms with Gasteiger partial charge in [-0.2, -0.15) is 24.9 Å². The molecule has 1 aliphatic heterocycles. The second-order valence-electron chi connectivity index (χ2n) is 8.85. The van der Waals surface area contributed by atoms with E-state index in [9.17, 15) is 22.8 Å². The van der Waals surface area contributed by atoms with Crippen molar-refractivity contribution in [1.29, 1.82) is 0 Å². The number of hydrogen-bond donors (Lipinski definition) is 1. The van der Waals surface area contributed by atoms with Crippen LogP contribution in [-0.4, -0.2) is 29.9 Å². The standard InChI is InChI=1S/C24H28F3NO3S/c1-5-32-11-10-31-22(30)19-14(2)28-17-12-23(3,4)13-18(29)21(17)20(19)15-8-6-7-9-16(15)24(25,26)27/h6-9,20,28H,5,10-13H2,1-4H3. The summed E-state index contributed by atoms with van der Waals surface area (Å²) >= 11 is 1.60. The van der Waals surface area contributed by atoms with Crippen LogP contribution in [0.15, 0.2) is 46.8 Å². The average molecular weight is 468 g/mol. The summed E-state index contributed by atoms with van der Waals surface area (Å²) in [5.41, 5.74) is 0.0316. The first-order valence-electron chi connectivity index (χ1n) is 10.6. The van der Waals surface area contributed by atoms with Gasteiger partial charge >= 0.3 is 12.1 Å². The number of hydrogen-bond acceptors (Lipinski definition) is 5. The van der Waals surface area contributed by atoms with E-state index in [1.54, 1.807) is 18.7 Å². The van der Waals surface area contributed by atoms with E-state index in [1.807, 2.05) is 20.8 Å². The predicted octanol–water partition coefficient (Wildman–Crippen LogP) is 5.61. The number of ketones is 1. The number of benzene rings is 1. The summed E-state index contributed by atoms with van der Waals surface area (Å²) < 4.78 is 47.1. The summed E-state index contributed by atoms with van der Waals surface area (Å²) in [6, 6.07) is 5.15. The van der Waals surface area contributed by atoms with Gasteiger partial charge in [-0.15, -0.1) is 0 Å². The fourth-order valence-electron chi connectivity index (χ4n) is 4.44. The topological polar surface area (TPSA) is 55.4 Å². The molecule has 3 rings (SSSR count). The lowest BCUT2D eigenvalue weighted by Gasteiger charge is -2.40. The molecule has 1 N–H and O–H groups in total. The molecule has 0 saturated heterocycles. The highest BCUT2D eigenvalue weighted by atomic mass is 32.2. The largest absolute Gasteiger partial charge is 0.461 e. The van der Waals surface area contributed by atoms with E-state index in [0.29, 0.717) is 23.6 Å². The third-order valence-corrected chi connectivity index (χ3v) is 6.57. The van der Waals surface area contributed by atoms with Crippen LogP contribution in [0.4, 0.5) is 13.2 Å². The van der Waals surface area contributed by atoms with E-state index in [2.05, 4.69) is 5.32 Å². The minimum atomic E-state index is -4.63. The fourth-order valence-corrected chi connectivity index (χ4v) is 4.93. The molecule has 0 bridgehead atoms. The Kier molecular flexibility index (Phi) is 7.12. The van der Waals surface area contributed by atoms with Crippen molar-refractivity contribution >= 4 is 23.5 Å². The molecular formula is C24H28F3NO3S.